The standard InChI is InChI=1S/C9H16N2O4S/c10-5-7-1-3-15-9(12)11(7)8-2-4-16(13,14)6-8/h7-8H,1-6,10H2. The zero-order valence-electron chi connectivity index (χ0n) is 8.96. The number of cyclic esters (lactones) is 1. The molecular formula is C9H16N2O4S. The van der Waals surface area contributed by atoms with Gasteiger partial charge in [0.05, 0.1) is 30.2 Å². The van der Waals surface area contributed by atoms with Gasteiger partial charge in [-0.2, -0.15) is 0 Å². The first-order valence-corrected chi connectivity index (χ1v) is 7.21. The van der Waals surface area contributed by atoms with Crippen LogP contribution in [-0.4, -0.2) is 56.2 Å². The van der Waals surface area contributed by atoms with E-state index in [9.17, 15) is 13.2 Å². The lowest BCUT2D eigenvalue weighted by atomic mass is 10.1. The van der Waals surface area contributed by atoms with Crippen molar-refractivity contribution in [1.29, 1.82) is 0 Å². The number of carbonyl (C=O) groups is 1. The highest BCUT2D eigenvalue weighted by Crippen LogP contribution is 2.24. The molecule has 2 unspecified atom stereocenters. The van der Waals surface area contributed by atoms with Gasteiger partial charge in [-0.1, -0.05) is 0 Å². The molecule has 2 fully saturated rings. The van der Waals surface area contributed by atoms with Crippen LogP contribution >= 0.6 is 0 Å². The minimum Gasteiger partial charge on any atom is -0.449 e. The number of nitrogens with zero attached hydrogens (tertiary/aromatic N) is 1. The zero-order valence-corrected chi connectivity index (χ0v) is 9.78. The van der Waals surface area contributed by atoms with Crippen LogP contribution in [0.2, 0.25) is 0 Å². The van der Waals surface area contributed by atoms with Crippen LogP contribution in [0.3, 0.4) is 0 Å². The smallest absolute Gasteiger partial charge is 0.410 e. The summed E-state index contributed by atoms with van der Waals surface area (Å²) in [7, 11) is -2.99. The Morgan fingerprint density at radius 1 is 1.44 bits per heavy atom. The molecule has 1 amide bonds. The van der Waals surface area contributed by atoms with Crippen LogP contribution in [0.15, 0.2) is 0 Å². The maximum atomic E-state index is 11.6. The van der Waals surface area contributed by atoms with E-state index in [1.165, 1.54) is 4.90 Å². The first kappa shape index (κ1) is 11.7. The highest BCUT2D eigenvalue weighted by atomic mass is 32.2. The number of hydrogen-bond acceptors (Lipinski definition) is 5. The van der Waals surface area contributed by atoms with E-state index < -0.39 is 15.9 Å². The molecule has 2 aliphatic rings. The number of carbonyl (C=O) groups excluding carboxylic acids is 1. The largest absolute Gasteiger partial charge is 0.449 e. The molecule has 0 spiro atoms. The van der Waals surface area contributed by atoms with Crippen LogP contribution in [0.5, 0.6) is 0 Å². The molecular weight excluding hydrogens is 232 g/mol. The summed E-state index contributed by atoms with van der Waals surface area (Å²) in [6, 6.07) is -0.342. The number of ether oxygens (including phenoxy) is 1. The van der Waals surface area contributed by atoms with E-state index in [2.05, 4.69) is 0 Å². The lowest BCUT2D eigenvalue weighted by Gasteiger charge is -2.37. The van der Waals surface area contributed by atoms with Crippen molar-refractivity contribution in [3.05, 3.63) is 0 Å². The number of amides is 1. The van der Waals surface area contributed by atoms with Crippen LogP contribution in [0, 0.1) is 0 Å². The third-order valence-corrected chi connectivity index (χ3v) is 4.91. The Bertz CT molecular complexity index is 381. The molecule has 2 rings (SSSR count). The maximum Gasteiger partial charge on any atom is 0.410 e. The molecule has 0 aromatic heterocycles. The van der Waals surface area contributed by atoms with E-state index in [0.29, 0.717) is 26.0 Å². The summed E-state index contributed by atoms with van der Waals surface area (Å²) in [5, 5.41) is 0. The minimum atomic E-state index is -2.99. The van der Waals surface area contributed by atoms with Gasteiger partial charge in [-0.15, -0.1) is 0 Å². The first-order chi connectivity index (χ1) is 7.53. The van der Waals surface area contributed by atoms with Gasteiger partial charge in [-0.25, -0.2) is 13.2 Å². The van der Waals surface area contributed by atoms with Gasteiger partial charge < -0.3 is 10.5 Å². The minimum absolute atomic E-state index is 0.0403. The van der Waals surface area contributed by atoms with Gasteiger partial charge in [-0.05, 0) is 6.42 Å². The fourth-order valence-corrected chi connectivity index (χ4v) is 4.03. The van der Waals surface area contributed by atoms with Crippen molar-refractivity contribution < 1.29 is 17.9 Å². The van der Waals surface area contributed by atoms with Gasteiger partial charge >= 0.3 is 6.09 Å². The Morgan fingerprint density at radius 2 is 2.19 bits per heavy atom. The molecule has 2 atom stereocenters. The second-order valence-corrected chi connectivity index (χ2v) is 6.49. The van der Waals surface area contributed by atoms with Crippen LogP contribution < -0.4 is 5.73 Å². The molecule has 2 aliphatic heterocycles. The van der Waals surface area contributed by atoms with Crippen molar-refractivity contribution in [2.45, 2.75) is 24.9 Å². The van der Waals surface area contributed by atoms with Crippen molar-refractivity contribution in [1.82, 2.24) is 4.90 Å². The second kappa shape index (κ2) is 4.21. The van der Waals surface area contributed by atoms with E-state index in [1.807, 2.05) is 0 Å². The van der Waals surface area contributed by atoms with Crippen molar-refractivity contribution in [3.8, 4) is 0 Å². The Balaban J connectivity index is 2.14. The molecule has 2 saturated heterocycles. The van der Waals surface area contributed by atoms with Crippen LogP contribution in [0.1, 0.15) is 12.8 Å². The van der Waals surface area contributed by atoms with E-state index in [1.54, 1.807) is 0 Å². The summed E-state index contributed by atoms with van der Waals surface area (Å²) in [6.07, 6.45) is 0.746. The van der Waals surface area contributed by atoms with E-state index in [-0.39, 0.29) is 23.6 Å². The highest BCUT2D eigenvalue weighted by Gasteiger charge is 2.40. The number of rotatable bonds is 2. The van der Waals surface area contributed by atoms with Gasteiger partial charge in [0.25, 0.3) is 0 Å². The zero-order chi connectivity index (χ0) is 11.8. The molecule has 92 valence electrons. The Morgan fingerprint density at radius 3 is 2.75 bits per heavy atom. The molecule has 16 heavy (non-hydrogen) atoms. The maximum absolute atomic E-state index is 11.6. The fraction of sp³-hybridized carbons (Fsp3) is 0.889. The Kier molecular flexibility index (Phi) is 3.07. The summed E-state index contributed by atoms with van der Waals surface area (Å²) >= 11 is 0. The van der Waals surface area contributed by atoms with Crippen LogP contribution in [0.25, 0.3) is 0 Å². The summed E-state index contributed by atoms with van der Waals surface area (Å²) in [6.45, 7) is 0.725. The highest BCUT2D eigenvalue weighted by molar-refractivity contribution is 7.91. The third kappa shape index (κ3) is 2.15. The van der Waals surface area contributed by atoms with Crippen LogP contribution in [-0.2, 0) is 14.6 Å². The van der Waals surface area contributed by atoms with Crippen molar-refractivity contribution in [2.24, 2.45) is 5.73 Å². The molecule has 2 heterocycles. The topological polar surface area (TPSA) is 89.7 Å². The SMILES string of the molecule is NCC1CCOC(=O)N1C1CCS(=O)(=O)C1. The van der Waals surface area contributed by atoms with Crippen LogP contribution in [0.4, 0.5) is 4.79 Å². The monoisotopic (exact) mass is 248 g/mol. The summed E-state index contributed by atoms with van der Waals surface area (Å²) in [5.41, 5.74) is 5.59. The van der Waals surface area contributed by atoms with Gasteiger partial charge in [0.1, 0.15) is 0 Å². The molecule has 0 aliphatic carbocycles. The van der Waals surface area contributed by atoms with E-state index in [0.717, 1.165) is 0 Å². The molecule has 0 radical (unpaired) electrons. The third-order valence-electron chi connectivity index (χ3n) is 3.15. The van der Waals surface area contributed by atoms with Crippen molar-refractivity contribution in [3.63, 3.8) is 0 Å². The average Bonchev–Trinajstić information content (AvgIpc) is 2.58. The van der Waals surface area contributed by atoms with Gasteiger partial charge in [0.2, 0.25) is 0 Å². The van der Waals surface area contributed by atoms with Gasteiger partial charge in [-0.3, -0.25) is 4.90 Å². The fourth-order valence-electron chi connectivity index (χ4n) is 2.32. The van der Waals surface area contributed by atoms with Crippen molar-refractivity contribution in [2.75, 3.05) is 24.7 Å². The van der Waals surface area contributed by atoms with Gasteiger partial charge in [0, 0.05) is 13.0 Å². The van der Waals surface area contributed by atoms with Gasteiger partial charge in [0.15, 0.2) is 9.84 Å². The molecule has 6 nitrogen and oxygen atoms in total. The van der Waals surface area contributed by atoms with Crippen molar-refractivity contribution >= 4 is 15.9 Å². The predicted molar refractivity (Wildman–Crippen MR) is 57.7 cm³/mol. The summed E-state index contributed by atoms with van der Waals surface area (Å²) in [5.74, 6) is 0.192. The predicted octanol–water partition coefficient (Wildman–Crippen LogP) is -0.657. The first-order valence-electron chi connectivity index (χ1n) is 5.39. The summed E-state index contributed by atoms with van der Waals surface area (Å²) < 4.78 is 27.7. The van der Waals surface area contributed by atoms with E-state index >= 15 is 0 Å². The average molecular weight is 248 g/mol. The molecule has 0 aromatic rings. The molecule has 7 heteroatoms. The lowest BCUT2D eigenvalue weighted by molar-refractivity contribution is 0.0310. The second-order valence-electron chi connectivity index (χ2n) is 4.26. The number of hydrogen-bond donors (Lipinski definition) is 1. The van der Waals surface area contributed by atoms with E-state index in [4.69, 9.17) is 10.5 Å². The lowest BCUT2D eigenvalue weighted by Crippen LogP contribution is -2.54. The Hall–Kier alpha value is -0.820. The molecule has 0 bridgehead atoms. The normalized spacial score (nSPS) is 33.8. The molecule has 2 N–H and O–H groups in total. The summed E-state index contributed by atoms with van der Waals surface area (Å²) in [4.78, 5) is 13.1. The molecule has 0 saturated carbocycles. The molecule has 0 aromatic carbocycles. The number of nitrogens with two attached hydrogens (primary N) is 1. The Labute approximate surface area is 94.6 Å². The number of sulfone groups is 1. The quantitative estimate of drug-likeness (QED) is 0.701.